The Kier molecular flexibility index (Phi) is 6.00. The van der Waals surface area contributed by atoms with Gasteiger partial charge in [-0.15, -0.1) is 0 Å². The van der Waals surface area contributed by atoms with Crippen LogP contribution in [0.5, 0.6) is 0 Å². The summed E-state index contributed by atoms with van der Waals surface area (Å²) in [4.78, 5) is 27.9. The molecule has 2 aliphatic heterocycles. The quantitative estimate of drug-likeness (QED) is 0.566. The molecule has 34 heavy (non-hydrogen) atoms. The lowest BCUT2D eigenvalue weighted by atomic mass is 10.0. The third-order valence-corrected chi connectivity index (χ3v) is 6.75. The number of benzene rings is 1. The number of anilines is 1. The molecule has 3 aromatic rings. The third-order valence-electron chi connectivity index (χ3n) is 6.53. The minimum atomic E-state index is -0.488. The highest BCUT2D eigenvalue weighted by molar-refractivity contribution is 6.33. The molecule has 1 saturated heterocycles. The number of pyridine rings is 1. The molecule has 0 unspecified atom stereocenters. The summed E-state index contributed by atoms with van der Waals surface area (Å²) < 4.78 is 11.9. The smallest absolute Gasteiger partial charge is 0.244 e. The van der Waals surface area contributed by atoms with Crippen molar-refractivity contribution in [2.75, 3.05) is 31.6 Å². The summed E-state index contributed by atoms with van der Waals surface area (Å²) in [6, 6.07) is 5.26. The average Bonchev–Trinajstić information content (AvgIpc) is 3.38. The number of carbonyl (C=O) groups excluding carboxylic acids is 1. The van der Waals surface area contributed by atoms with Crippen LogP contribution in [0.2, 0.25) is 5.02 Å². The standard InChI is InChI=1S/C25H30ClN5O3/c1-14(2)20-11-33-22(28-20)10-31-13-25(3,4)34-12-21(31)24(32)30-18-8-15(26)7-17-16-5-6-27-9-19(16)29-23(17)18/h5-9,14,20-21,29H,10-13H2,1-4H3,(H,30,32)/t20-,21-/m0/s1. The van der Waals surface area contributed by atoms with Crippen LogP contribution in [-0.4, -0.2) is 70.7 Å². The zero-order valence-corrected chi connectivity index (χ0v) is 20.6. The number of nitrogens with zero attached hydrogens (tertiary/aromatic N) is 3. The monoisotopic (exact) mass is 483 g/mol. The SMILES string of the molecule is CC(C)[C@@H]1COC(CN2CC(C)(C)OC[C@H]2C(=O)Nc2cc(Cl)cc3c2[nH]c2cnccc23)=N1. The highest BCUT2D eigenvalue weighted by Crippen LogP contribution is 2.33. The number of fused-ring (bicyclic) bond motifs is 3. The van der Waals surface area contributed by atoms with E-state index in [4.69, 9.17) is 26.1 Å². The largest absolute Gasteiger partial charge is 0.478 e. The number of halogens is 1. The van der Waals surface area contributed by atoms with Crippen LogP contribution in [0.1, 0.15) is 27.7 Å². The van der Waals surface area contributed by atoms with E-state index in [-0.39, 0.29) is 24.2 Å². The predicted octanol–water partition coefficient (Wildman–Crippen LogP) is 4.24. The van der Waals surface area contributed by atoms with Gasteiger partial charge in [0, 0.05) is 28.5 Å². The number of amides is 1. The van der Waals surface area contributed by atoms with Crippen molar-refractivity contribution >= 4 is 50.9 Å². The lowest BCUT2D eigenvalue weighted by Crippen LogP contribution is -2.59. The molecule has 0 bridgehead atoms. The first kappa shape index (κ1) is 23.1. The molecule has 9 heteroatoms. The van der Waals surface area contributed by atoms with E-state index in [1.54, 1.807) is 18.5 Å². The zero-order chi connectivity index (χ0) is 24.0. The van der Waals surface area contributed by atoms with Gasteiger partial charge in [0.15, 0.2) is 5.90 Å². The molecule has 1 fully saturated rings. The second kappa shape index (κ2) is 8.83. The van der Waals surface area contributed by atoms with Crippen molar-refractivity contribution in [1.29, 1.82) is 0 Å². The van der Waals surface area contributed by atoms with E-state index in [9.17, 15) is 4.79 Å². The van der Waals surface area contributed by atoms with Crippen molar-refractivity contribution in [2.24, 2.45) is 10.9 Å². The number of morpholine rings is 1. The topological polar surface area (TPSA) is 91.8 Å². The highest BCUT2D eigenvalue weighted by atomic mass is 35.5. The Morgan fingerprint density at radius 1 is 1.32 bits per heavy atom. The van der Waals surface area contributed by atoms with Crippen molar-refractivity contribution < 1.29 is 14.3 Å². The van der Waals surface area contributed by atoms with Crippen LogP contribution in [-0.2, 0) is 14.3 Å². The van der Waals surface area contributed by atoms with E-state index in [2.05, 4.69) is 34.0 Å². The van der Waals surface area contributed by atoms with Gasteiger partial charge in [0.1, 0.15) is 12.6 Å². The molecule has 2 atom stereocenters. The molecule has 8 nitrogen and oxygen atoms in total. The zero-order valence-electron chi connectivity index (χ0n) is 19.9. The number of aromatic nitrogens is 2. The second-order valence-electron chi connectivity index (χ2n) is 10.0. The minimum absolute atomic E-state index is 0.158. The maximum Gasteiger partial charge on any atom is 0.244 e. The van der Waals surface area contributed by atoms with Gasteiger partial charge in [0.05, 0.1) is 47.7 Å². The van der Waals surface area contributed by atoms with E-state index in [0.717, 1.165) is 21.8 Å². The van der Waals surface area contributed by atoms with Crippen molar-refractivity contribution in [2.45, 2.75) is 45.4 Å². The highest BCUT2D eigenvalue weighted by Gasteiger charge is 2.39. The van der Waals surface area contributed by atoms with Gasteiger partial charge in [-0.2, -0.15) is 0 Å². The van der Waals surface area contributed by atoms with Crippen molar-refractivity contribution in [1.82, 2.24) is 14.9 Å². The third kappa shape index (κ3) is 4.50. The van der Waals surface area contributed by atoms with Crippen molar-refractivity contribution in [3.05, 3.63) is 35.6 Å². The number of nitrogens with one attached hydrogen (secondary N) is 2. The van der Waals surface area contributed by atoms with Crippen LogP contribution >= 0.6 is 11.6 Å². The fraction of sp³-hybridized carbons (Fsp3) is 0.480. The average molecular weight is 484 g/mol. The van der Waals surface area contributed by atoms with Crippen LogP contribution in [0.15, 0.2) is 35.6 Å². The Morgan fingerprint density at radius 2 is 2.15 bits per heavy atom. The molecule has 2 aromatic heterocycles. The summed E-state index contributed by atoms with van der Waals surface area (Å²) in [6.07, 6.45) is 3.51. The van der Waals surface area contributed by atoms with Crippen LogP contribution < -0.4 is 5.32 Å². The van der Waals surface area contributed by atoms with E-state index >= 15 is 0 Å². The van der Waals surface area contributed by atoms with Gasteiger partial charge >= 0.3 is 0 Å². The molecule has 1 aromatic carbocycles. The Labute approximate surface area is 203 Å². The summed E-state index contributed by atoms with van der Waals surface area (Å²) in [7, 11) is 0. The van der Waals surface area contributed by atoms with Crippen LogP contribution in [0, 0.1) is 5.92 Å². The molecular formula is C25H30ClN5O3. The number of hydrogen-bond acceptors (Lipinski definition) is 6. The van der Waals surface area contributed by atoms with Gasteiger partial charge in [-0.3, -0.25) is 14.7 Å². The molecule has 5 rings (SSSR count). The Morgan fingerprint density at radius 3 is 2.91 bits per heavy atom. The molecule has 2 aliphatic rings. The molecule has 1 amide bonds. The number of rotatable bonds is 5. The summed E-state index contributed by atoms with van der Waals surface area (Å²) in [5.41, 5.74) is 1.95. The van der Waals surface area contributed by atoms with E-state index in [0.29, 0.717) is 42.2 Å². The maximum atomic E-state index is 13.5. The molecule has 4 heterocycles. The summed E-state index contributed by atoms with van der Waals surface area (Å²) in [5.74, 6) is 0.937. The fourth-order valence-corrected chi connectivity index (χ4v) is 4.86. The molecule has 0 aliphatic carbocycles. The van der Waals surface area contributed by atoms with Crippen LogP contribution in [0.4, 0.5) is 5.69 Å². The Balaban J connectivity index is 1.41. The van der Waals surface area contributed by atoms with Crippen molar-refractivity contribution in [3.8, 4) is 0 Å². The number of aromatic amines is 1. The van der Waals surface area contributed by atoms with E-state index in [1.165, 1.54) is 0 Å². The summed E-state index contributed by atoms with van der Waals surface area (Å²) >= 11 is 6.42. The summed E-state index contributed by atoms with van der Waals surface area (Å²) in [6.45, 7) is 10.3. The molecule has 0 spiro atoms. The number of aliphatic imine (C=N–C) groups is 1. The first-order valence-corrected chi connectivity index (χ1v) is 12.0. The lowest BCUT2D eigenvalue weighted by molar-refractivity contribution is -0.141. The number of hydrogen-bond donors (Lipinski definition) is 2. The van der Waals surface area contributed by atoms with Crippen LogP contribution in [0.25, 0.3) is 21.8 Å². The molecule has 0 radical (unpaired) electrons. The first-order chi connectivity index (χ1) is 16.2. The van der Waals surface area contributed by atoms with Gasteiger partial charge in [-0.25, -0.2) is 4.99 Å². The van der Waals surface area contributed by atoms with E-state index < -0.39 is 6.04 Å². The molecule has 2 N–H and O–H groups in total. The lowest BCUT2D eigenvalue weighted by Gasteiger charge is -2.42. The van der Waals surface area contributed by atoms with Gasteiger partial charge in [-0.1, -0.05) is 25.4 Å². The fourth-order valence-electron chi connectivity index (χ4n) is 4.64. The number of H-pyrrole nitrogens is 1. The first-order valence-electron chi connectivity index (χ1n) is 11.6. The molecule has 180 valence electrons. The van der Waals surface area contributed by atoms with Gasteiger partial charge in [-0.05, 0) is 38.0 Å². The normalized spacial score (nSPS) is 22.8. The van der Waals surface area contributed by atoms with E-state index in [1.807, 2.05) is 26.0 Å². The Hall–Kier alpha value is -2.68. The van der Waals surface area contributed by atoms with Gasteiger partial charge < -0.3 is 19.8 Å². The predicted molar refractivity (Wildman–Crippen MR) is 135 cm³/mol. The number of carbonyl (C=O) groups is 1. The molecule has 0 saturated carbocycles. The second-order valence-corrected chi connectivity index (χ2v) is 10.5. The maximum absolute atomic E-state index is 13.5. The van der Waals surface area contributed by atoms with Crippen LogP contribution in [0.3, 0.4) is 0 Å². The van der Waals surface area contributed by atoms with Crippen molar-refractivity contribution in [3.63, 3.8) is 0 Å². The summed E-state index contributed by atoms with van der Waals surface area (Å²) in [5, 5.41) is 5.58. The van der Waals surface area contributed by atoms with Gasteiger partial charge in [0.25, 0.3) is 0 Å². The van der Waals surface area contributed by atoms with Gasteiger partial charge in [0.2, 0.25) is 5.91 Å². The molecular weight excluding hydrogens is 454 g/mol. The Bertz CT molecular complexity index is 1270. The minimum Gasteiger partial charge on any atom is -0.478 e. The number of ether oxygens (including phenoxy) is 2.